The number of nitro groups is 1. The molecule has 6 nitrogen and oxygen atoms in total. The van der Waals surface area contributed by atoms with E-state index < -0.39 is 11.0 Å². The highest BCUT2D eigenvalue weighted by Crippen LogP contribution is 2.27. The molecule has 3 aromatic rings. The molecule has 0 aliphatic heterocycles. The molecule has 0 saturated heterocycles. The highest BCUT2D eigenvalue weighted by molar-refractivity contribution is 5.96. The minimum Gasteiger partial charge on any atom is -0.480 e. The Bertz CT molecular complexity index is 979. The van der Waals surface area contributed by atoms with Crippen LogP contribution >= 0.6 is 0 Å². The molecule has 0 aliphatic carbocycles. The maximum absolute atomic E-state index is 12.5. The summed E-state index contributed by atoms with van der Waals surface area (Å²) in [6.07, 6.45) is -0.764. The fourth-order valence-electron chi connectivity index (χ4n) is 2.73. The second-order valence-corrected chi connectivity index (χ2v) is 5.93. The molecule has 0 aromatic heterocycles. The summed E-state index contributed by atoms with van der Waals surface area (Å²) in [6.45, 7) is 3.24. The summed E-state index contributed by atoms with van der Waals surface area (Å²) in [5.41, 5.74) is 0.770. The maximum atomic E-state index is 12.5. The number of hydrogen-bond acceptors (Lipinski definition) is 4. The predicted octanol–water partition coefficient (Wildman–Crippen LogP) is 4.46. The molecule has 1 atom stereocenters. The number of ether oxygens (including phenoxy) is 1. The predicted molar refractivity (Wildman–Crippen MR) is 101 cm³/mol. The van der Waals surface area contributed by atoms with Crippen molar-refractivity contribution in [2.45, 2.75) is 20.0 Å². The molecule has 0 aliphatic rings. The molecule has 0 unspecified atom stereocenters. The molecule has 132 valence electrons. The maximum Gasteiger partial charge on any atom is 0.274 e. The van der Waals surface area contributed by atoms with Crippen molar-refractivity contribution < 1.29 is 14.5 Å². The number of fused-ring (bicyclic) bond motifs is 1. The van der Waals surface area contributed by atoms with Crippen LogP contribution in [0.5, 0.6) is 5.75 Å². The molecule has 6 heteroatoms. The number of nitro benzene ring substituents is 1. The SMILES string of the molecule is Cc1c(NC(=O)[C@H](C)Oc2cccc3ccccc23)cccc1[N+](=O)[O-]. The number of anilines is 1. The van der Waals surface area contributed by atoms with E-state index in [9.17, 15) is 14.9 Å². The molecule has 0 saturated carbocycles. The third-order valence-corrected chi connectivity index (χ3v) is 4.18. The fourth-order valence-corrected chi connectivity index (χ4v) is 2.73. The lowest BCUT2D eigenvalue weighted by atomic mass is 10.1. The van der Waals surface area contributed by atoms with Crippen molar-refractivity contribution in [1.29, 1.82) is 0 Å². The van der Waals surface area contributed by atoms with Crippen LogP contribution in [0.15, 0.2) is 60.7 Å². The summed E-state index contributed by atoms with van der Waals surface area (Å²) in [5, 5.41) is 15.7. The number of carbonyl (C=O) groups is 1. The van der Waals surface area contributed by atoms with Crippen molar-refractivity contribution in [3.63, 3.8) is 0 Å². The molecule has 3 aromatic carbocycles. The molecule has 0 bridgehead atoms. The second-order valence-electron chi connectivity index (χ2n) is 5.93. The quantitative estimate of drug-likeness (QED) is 0.544. The first kappa shape index (κ1) is 17.4. The van der Waals surface area contributed by atoms with E-state index in [2.05, 4.69) is 5.32 Å². The van der Waals surface area contributed by atoms with Crippen molar-refractivity contribution >= 4 is 28.1 Å². The normalized spacial score (nSPS) is 11.8. The number of nitrogens with zero attached hydrogens (tertiary/aromatic N) is 1. The molecule has 26 heavy (non-hydrogen) atoms. The van der Waals surface area contributed by atoms with Crippen LogP contribution in [-0.4, -0.2) is 16.9 Å². The Labute approximate surface area is 150 Å². The minimum atomic E-state index is -0.764. The van der Waals surface area contributed by atoms with Crippen molar-refractivity contribution in [3.8, 4) is 5.75 Å². The Balaban J connectivity index is 1.78. The molecular formula is C20H18N2O4. The van der Waals surface area contributed by atoms with Gasteiger partial charge in [0.1, 0.15) is 5.75 Å². The lowest BCUT2D eigenvalue weighted by molar-refractivity contribution is -0.385. The summed E-state index contributed by atoms with van der Waals surface area (Å²) in [7, 11) is 0. The van der Waals surface area contributed by atoms with Gasteiger partial charge in [-0.05, 0) is 31.4 Å². The monoisotopic (exact) mass is 350 g/mol. The van der Waals surface area contributed by atoms with Crippen LogP contribution in [0, 0.1) is 17.0 Å². The lowest BCUT2D eigenvalue weighted by Gasteiger charge is -2.17. The van der Waals surface area contributed by atoms with E-state index in [1.54, 1.807) is 19.9 Å². The largest absolute Gasteiger partial charge is 0.480 e. The first-order valence-corrected chi connectivity index (χ1v) is 8.16. The third-order valence-electron chi connectivity index (χ3n) is 4.18. The van der Waals surface area contributed by atoms with E-state index in [0.29, 0.717) is 17.0 Å². The van der Waals surface area contributed by atoms with Gasteiger partial charge in [0.05, 0.1) is 16.2 Å². The zero-order valence-corrected chi connectivity index (χ0v) is 14.4. The van der Waals surface area contributed by atoms with Crippen molar-refractivity contribution in [2.75, 3.05) is 5.32 Å². The van der Waals surface area contributed by atoms with Crippen molar-refractivity contribution in [2.24, 2.45) is 0 Å². The Morgan fingerprint density at radius 3 is 2.54 bits per heavy atom. The van der Waals surface area contributed by atoms with E-state index in [0.717, 1.165) is 10.8 Å². The summed E-state index contributed by atoms with van der Waals surface area (Å²) < 4.78 is 5.83. The Hall–Kier alpha value is -3.41. The van der Waals surface area contributed by atoms with Crippen LogP contribution < -0.4 is 10.1 Å². The van der Waals surface area contributed by atoms with E-state index in [1.165, 1.54) is 12.1 Å². The zero-order valence-electron chi connectivity index (χ0n) is 14.4. The van der Waals surface area contributed by atoms with Gasteiger partial charge in [0.2, 0.25) is 0 Å². The number of amides is 1. The molecular weight excluding hydrogens is 332 g/mol. The Morgan fingerprint density at radius 2 is 1.77 bits per heavy atom. The first-order valence-electron chi connectivity index (χ1n) is 8.16. The van der Waals surface area contributed by atoms with Crippen LogP contribution in [0.3, 0.4) is 0 Å². The van der Waals surface area contributed by atoms with Crippen molar-refractivity contribution in [3.05, 3.63) is 76.3 Å². The van der Waals surface area contributed by atoms with Gasteiger partial charge in [-0.1, -0.05) is 42.5 Å². The van der Waals surface area contributed by atoms with Gasteiger partial charge in [-0.2, -0.15) is 0 Å². The zero-order chi connectivity index (χ0) is 18.7. The Morgan fingerprint density at radius 1 is 1.08 bits per heavy atom. The van der Waals surface area contributed by atoms with Gasteiger partial charge < -0.3 is 10.1 Å². The molecule has 0 fully saturated rings. The van der Waals surface area contributed by atoms with Gasteiger partial charge >= 0.3 is 0 Å². The minimum absolute atomic E-state index is 0.0366. The number of rotatable bonds is 5. The molecule has 0 spiro atoms. The van der Waals surface area contributed by atoms with Gasteiger partial charge in [0, 0.05) is 11.5 Å². The van der Waals surface area contributed by atoms with Gasteiger partial charge in [0.15, 0.2) is 6.10 Å². The van der Waals surface area contributed by atoms with E-state index in [4.69, 9.17) is 4.74 Å². The highest BCUT2D eigenvalue weighted by Gasteiger charge is 2.19. The molecule has 3 rings (SSSR count). The average molecular weight is 350 g/mol. The summed E-state index contributed by atoms with van der Waals surface area (Å²) in [4.78, 5) is 23.0. The number of carbonyl (C=O) groups excluding carboxylic acids is 1. The average Bonchev–Trinajstić information content (AvgIpc) is 2.63. The van der Waals surface area contributed by atoms with E-state index >= 15 is 0 Å². The van der Waals surface area contributed by atoms with Gasteiger partial charge in [-0.3, -0.25) is 14.9 Å². The van der Waals surface area contributed by atoms with Crippen LogP contribution in [0.4, 0.5) is 11.4 Å². The van der Waals surface area contributed by atoms with Gasteiger partial charge in [-0.15, -0.1) is 0 Å². The third kappa shape index (κ3) is 3.49. The van der Waals surface area contributed by atoms with Crippen LogP contribution in [0.1, 0.15) is 12.5 Å². The lowest BCUT2D eigenvalue weighted by Crippen LogP contribution is -2.30. The number of benzene rings is 3. The van der Waals surface area contributed by atoms with Crippen LogP contribution in [0.2, 0.25) is 0 Å². The Kier molecular flexibility index (Phi) is 4.84. The number of nitrogens with one attached hydrogen (secondary N) is 1. The topological polar surface area (TPSA) is 81.5 Å². The molecule has 1 N–H and O–H groups in total. The summed E-state index contributed by atoms with van der Waals surface area (Å²) in [5.74, 6) is 0.239. The molecule has 1 amide bonds. The van der Waals surface area contributed by atoms with E-state index in [1.807, 2.05) is 42.5 Å². The van der Waals surface area contributed by atoms with Crippen LogP contribution in [0.25, 0.3) is 10.8 Å². The van der Waals surface area contributed by atoms with Crippen molar-refractivity contribution in [1.82, 2.24) is 0 Å². The van der Waals surface area contributed by atoms with E-state index in [-0.39, 0.29) is 11.6 Å². The molecule has 0 heterocycles. The first-order chi connectivity index (χ1) is 12.5. The second kappa shape index (κ2) is 7.23. The highest BCUT2D eigenvalue weighted by atomic mass is 16.6. The van der Waals surface area contributed by atoms with Gasteiger partial charge in [0.25, 0.3) is 11.6 Å². The van der Waals surface area contributed by atoms with Crippen LogP contribution in [-0.2, 0) is 4.79 Å². The smallest absolute Gasteiger partial charge is 0.274 e. The fraction of sp³-hybridized carbons (Fsp3) is 0.150. The summed E-state index contributed by atoms with van der Waals surface area (Å²) >= 11 is 0. The summed E-state index contributed by atoms with van der Waals surface area (Å²) in [6, 6.07) is 18.0. The standard InChI is InChI=1S/C20H18N2O4/c1-13-17(10-6-11-18(13)22(24)25)21-20(23)14(2)26-19-12-5-8-15-7-3-4-9-16(15)19/h3-12,14H,1-2H3,(H,21,23)/t14-/m0/s1. The van der Waals surface area contributed by atoms with Gasteiger partial charge in [-0.25, -0.2) is 0 Å². The number of hydrogen-bond donors (Lipinski definition) is 1. The molecule has 0 radical (unpaired) electrons.